The van der Waals surface area contributed by atoms with Gasteiger partial charge in [-0.1, -0.05) is 91.8 Å². The number of rotatable bonds is 0. The summed E-state index contributed by atoms with van der Waals surface area (Å²) < 4.78 is 8.50. The standard InChI is InChI=1S/C6H6.2C2H6O.4C2H6/c1-2-4-6-5-3-1;2*1-3-2;4*1-2/h1-6H;2*1-2H3;4*1-2H3. The van der Waals surface area contributed by atoms with Crippen LogP contribution in [0.2, 0.25) is 0 Å². The van der Waals surface area contributed by atoms with Crippen LogP contribution in [0.5, 0.6) is 0 Å². The van der Waals surface area contributed by atoms with Crippen LogP contribution in [0.4, 0.5) is 0 Å². The average Bonchev–Trinajstić information content (AvgIpc) is 2.58. The third-order valence-electron chi connectivity index (χ3n) is 0.667. The van der Waals surface area contributed by atoms with Crippen molar-refractivity contribution in [2.24, 2.45) is 0 Å². The van der Waals surface area contributed by atoms with Crippen LogP contribution >= 0.6 is 0 Å². The fourth-order valence-electron chi connectivity index (χ4n) is 0.385. The van der Waals surface area contributed by atoms with Gasteiger partial charge in [0.05, 0.1) is 0 Å². The molecule has 0 saturated heterocycles. The lowest BCUT2D eigenvalue weighted by atomic mass is 10.4. The molecule has 2 heteroatoms. The molecule has 0 amide bonds. The van der Waals surface area contributed by atoms with Crippen molar-refractivity contribution in [2.75, 3.05) is 28.4 Å². The predicted molar refractivity (Wildman–Crippen MR) is 97.7 cm³/mol. The molecule has 0 spiro atoms. The van der Waals surface area contributed by atoms with Crippen molar-refractivity contribution < 1.29 is 9.47 Å². The molecule has 0 radical (unpaired) electrons. The highest BCUT2D eigenvalue weighted by Gasteiger charge is 1.57. The van der Waals surface area contributed by atoms with Gasteiger partial charge < -0.3 is 9.47 Å². The number of ether oxygens (including phenoxy) is 2. The summed E-state index contributed by atoms with van der Waals surface area (Å²) in [6, 6.07) is 12.0. The van der Waals surface area contributed by atoms with Crippen molar-refractivity contribution in [1.29, 1.82) is 0 Å². The Morgan fingerprint density at radius 3 is 0.450 bits per heavy atom. The second-order valence-corrected chi connectivity index (χ2v) is 1.97. The Morgan fingerprint density at radius 2 is 0.400 bits per heavy atom. The summed E-state index contributed by atoms with van der Waals surface area (Å²) in [7, 11) is 6.50. The van der Waals surface area contributed by atoms with Crippen LogP contribution in [0.15, 0.2) is 36.4 Å². The van der Waals surface area contributed by atoms with E-state index >= 15 is 0 Å². The molecule has 0 N–H and O–H groups in total. The van der Waals surface area contributed by atoms with Crippen LogP contribution in [0.1, 0.15) is 55.4 Å². The molecule has 2 nitrogen and oxygen atoms in total. The molecule has 0 aliphatic rings. The second-order valence-electron chi connectivity index (χ2n) is 1.97. The largest absolute Gasteiger partial charge is 0.388 e. The lowest BCUT2D eigenvalue weighted by molar-refractivity contribution is 0.277. The maximum atomic E-state index is 4.25. The average molecular weight is 291 g/mol. The first-order chi connectivity index (χ1) is 9.83. The van der Waals surface area contributed by atoms with Gasteiger partial charge in [0.1, 0.15) is 0 Å². The third-order valence-corrected chi connectivity index (χ3v) is 0.667. The minimum atomic E-state index is 1.62. The molecule has 0 aliphatic heterocycles. The fourth-order valence-corrected chi connectivity index (χ4v) is 0.385. The second kappa shape index (κ2) is 105. The van der Waals surface area contributed by atoms with E-state index in [0.717, 1.165) is 0 Å². The molecule has 0 bridgehead atoms. The van der Waals surface area contributed by atoms with Crippen molar-refractivity contribution in [3.05, 3.63) is 36.4 Å². The van der Waals surface area contributed by atoms with Crippen LogP contribution in [0.25, 0.3) is 0 Å². The Hall–Kier alpha value is -0.860. The van der Waals surface area contributed by atoms with Crippen LogP contribution in [-0.4, -0.2) is 28.4 Å². The molecule has 0 heterocycles. The number of hydrogen-bond acceptors (Lipinski definition) is 2. The van der Waals surface area contributed by atoms with E-state index in [1.54, 1.807) is 28.4 Å². The summed E-state index contributed by atoms with van der Waals surface area (Å²) in [5, 5.41) is 0. The lowest BCUT2D eigenvalue weighted by Gasteiger charge is -1.69. The van der Waals surface area contributed by atoms with Crippen LogP contribution < -0.4 is 0 Å². The van der Waals surface area contributed by atoms with Gasteiger partial charge in [-0.15, -0.1) is 0 Å². The van der Waals surface area contributed by atoms with E-state index in [1.807, 2.05) is 91.8 Å². The van der Waals surface area contributed by atoms with Crippen LogP contribution in [0, 0.1) is 0 Å². The highest BCUT2D eigenvalue weighted by atomic mass is 16.5. The zero-order valence-electron chi connectivity index (χ0n) is 16.3. The van der Waals surface area contributed by atoms with E-state index in [0.29, 0.717) is 0 Å². The molecule has 0 fully saturated rings. The molecular weight excluding hydrogens is 248 g/mol. The highest BCUT2D eigenvalue weighted by molar-refractivity contribution is 4.99. The SMILES string of the molecule is CC.CC.CC.CC.COC.COC.c1ccccc1. The highest BCUT2D eigenvalue weighted by Crippen LogP contribution is 1.79. The molecule has 1 aromatic rings. The van der Waals surface area contributed by atoms with Gasteiger partial charge >= 0.3 is 0 Å². The van der Waals surface area contributed by atoms with Crippen molar-refractivity contribution in [3.63, 3.8) is 0 Å². The predicted octanol–water partition coefficient (Wildman–Crippen LogP) is 6.32. The van der Waals surface area contributed by atoms with Crippen LogP contribution in [-0.2, 0) is 9.47 Å². The van der Waals surface area contributed by atoms with Gasteiger partial charge in [-0.3, -0.25) is 0 Å². The normalized spacial score (nSPS) is 5.40. The molecule has 0 aromatic heterocycles. The van der Waals surface area contributed by atoms with Crippen molar-refractivity contribution in [2.45, 2.75) is 55.4 Å². The van der Waals surface area contributed by atoms with Crippen molar-refractivity contribution in [3.8, 4) is 0 Å². The number of benzene rings is 1. The number of hydrogen-bond donors (Lipinski definition) is 0. The Bertz CT molecular complexity index is 101. The van der Waals surface area contributed by atoms with Gasteiger partial charge in [-0.2, -0.15) is 0 Å². The molecule has 20 heavy (non-hydrogen) atoms. The van der Waals surface area contributed by atoms with Gasteiger partial charge in [-0.25, -0.2) is 0 Å². The minimum absolute atomic E-state index is 1.62. The molecule has 126 valence electrons. The van der Waals surface area contributed by atoms with Gasteiger partial charge in [-0.05, 0) is 0 Å². The molecule has 1 aromatic carbocycles. The first-order valence-electron chi connectivity index (χ1n) is 7.63. The Balaban J connectivity index is -0.0000000310. The van der Waals surface area contributed by atoms with E-state index in [-0.39, 0.29) is 0 Å². The molecule has 0 saturated carbocycles. The topological polar surface area (TPSA) is 18.5 Å². The first kappa shape index (κ1) is 36.5. The van der Waals surface area contributed by atoms with E-state index in [9.17, 15) is 0 Å². The lowest BCUT2D eigenvalue weighted by Crippen LogP contribution is -1.55. The molecule has 0 atom stereocenters. The monoisotopic (exact) mass is 290 g/mol. The summed E-state index contributed by atoms with van der Waals surface area (Å²) in [5.74, 6) is 0. The van der Waals surface area contributed by atoms with Gasteiger partial charge in [0, 0.05) is 28.4 Å². The van der Waals surface area contributed by atoms with Crippen molar-refractivity contribution in [1.82, 2.24) is 0 Å². The fraction of sp³-hybridized carbons (Fsp3) is 0.667. The molecule has 0 unspecified atom stereocenters. The summed E-state index contributed by atoms with van der Waals surface area (Å²) >= 11 is 0. The zero-order valence-corrected chi connectivity index (χ0v) is 16.3. The first-order valence-corrected chi connectivity index (χ1v) is 7.63. The molecular formula is C18H42O2. The Kier molecular flexibility index (Phi) is 191. The summed E-state index contributed by atoms with van der Waals surface area (Å²) in [6.45, 7) is 16.0. The molecule has 1 rings (SSSR count). The zero-order chi connectivity index (χ0) is 17.7. The summed E-state index contributed by atoms with van der Waals surface area (Å²) in [6.07, 6.45) is 0. The van der Waals surface area contributed by atoms with E-state index < -0.39 is 0 Å². The van der Waals surface area contributed by atoms with Crippen molar-refractivity contribution >= 4 is 0 Å². The van der Waals surface area contributed by atoms with Gasteiger partial charge in [0.2, 0.25) is 0 Å². The van der Waals surface area contributed by atoms with Crippen LogP contribution in [0.3, 0.4) is 0 Å². The van der Waals surface area contributed by atoms with Gasteiger partial charge in [0.15, 0.2) is 0 Å². The van der Waals surface area contributed by atoms with E-state index in [1.165, 1.54) is 0 Å². The Labute approximate surface area is 130 Å². The van der Waals surface area contributed by atoms with E-state index in [2.05, 4.69) is 9.47 Å². The summed E-state index contributed by atoms with van der Waals surface area (Å²) in [4.78, 5) is 0. The molecule has 0 aliphatic carbocycles. The van der Waals surface area contributed by atoms with E-state index in [4.69, 9.17) is 0 Å². The third kappa shape index (κ3) is 169. The maximum absolute atomic E-state index is 4.25. The summed E-state index contributed by atoms with van der Waals surface area (Å²) in [5.41, 5.74) is 0. The quantitative estimate of drug-likeness (QED) is 0.557. The smallest absolute Gasteiger partial charge is 0.0351 e. The minimum Gasteiger partial charge on any atom is -0.388 e. The number of methoxy groups -OCH3 is 2. The van der Waals surface area contributed by atoms with Gasteiger partial charge in [0.25, 0.3) is 0 Å². The Morgan fingerprint density at radius 1 is 0.350 bits per heavy atom. The maximum Gasteiger partial charge on any atom is 0.0351 e.